The van der Waals surface area contributed by atoms with E-state index in [2.05, 4.69) is 21.2 Å². The molecule has 0 saturated carbocycles. The van der Waals surface area contributed by atoms with Gasteiger partial charge in [-0.15, -0.1) is 0 Å². The summed E-state index contributed by atoms with van der Waals surface area (Å²) in [5.41, 5.74) is 5.86. The maximum Gasteiger partial charge on any atom is 0.253 e. The van der Waals surface area contributed by atoms with Crippen LogP contribution in [0.3, 0.4) is 0 Å². The Morgan fingerprint density at radius 1 is 1.67 bits per heavy atom. The van der Waals surface area contributed by atoms with E-state index in [0.717, 1.165) is 4.47 Å². The van der Waals surface area contributed by atoms with Crippen molar-refractivity contribution in [2.24, 2.45) is 5.73 Å². The predicted octanol–water partition coefficient (Wildman–Crippen LogP) is 2.18. The van der Waals surface area contributed by atoms with Gasteiger partial charge in [0.25, 0.3) is 5.91 Å². The Morgan fingerprint density at radius 3 is 2.93 bits per heavy atom. The van der Waals surface area contributed by atoms with E-state index in [4.69, 9.17) is 17.3 Å². The number of halogens is 2. The van der Waals surface area contributed by atoms with Crippen molar-refractivity contribution >= 4 is 33.4 Å². The lowest BCUT2D eigenvalue weighted by molar-refractivity contribution is 0.0941. The molecule has 0 aliphatic carbocycles. The first-order chi connectivity index (χ1) is 7.04. The lowest BCUT2D eigenvalue weighted by Crippen LogP contribution is -2.37. The van der Waals surface area contributed by atoms with E-state index in [1.54, 1.807) is 18.2 Å². The molecule has 82 valence electrons. The fourth-order valence-electron chi connectivity index (χ4n) is 1.03. The van der Waals surface area contributed by atoms with Crippen LogP contribution in [0.25, 0.3) is 0 Å². The second-order valence-corrected chi connectivity index (χ2v) is 4.56. The zero-order valence-corrected chi connectivity index (χ0v) is 10.6. The molecular formula is C10H12BrClN2O. The minimum absolute atomic E-state index is 0.0625. The van der Waals surface area contributed by atoms with Crippen molar-refractivity contribution in [2.75, 3.05) is 6.54 Å². The summed E-state index contributed by atoms with van der Waals surface area (Å²) in [7, 11) is 0. The number of nitrogens with two attached hydrogens (primary N) is 1. The number of carbonyl (C=O) groups excluding carboxylic acids is 1. The van der Waals surface area contributed by atoms with Crippen LogP contribution >= 0.6 is 27.5 Å². The quantitative estimate of drug-likeness (QED) is 0.897. The molecule has 3 nitrogen and oxygen atoms in total. The average Bonchev–Trinajstić information content (AvgIpc) is 2.21. The van der Waals surface area contributed by atoms with Gasteiger partial charge < -0.3 is 11.1 Å². The van der Waals surface area contributed by atoms with E-state index in [0.29, 0.717) is 17.1 Å². The maximum absolute atomic E-state index is 11.7. The van der Waals surface area contributed by atoms with Gasteiger partial charge in [-0.1, -0.05) is 27.5 Å². The zero-order chi connectivity index (χ0) is 11.4. The van der Waals surface area contributed by atoms with E-state index < -0.39 is 0 Å². The van der Waals surface area contributed by atoms with Gasteiger partial charge in [-0.3, -0.25) is 4.79 Å². The zero-order valence-electron chi connectivity index (χ0n) is 8.26. The number of nitrogens with one attached hydrogen (secondary N) is 1. The molecule has 0 bridgehead atoms. The molecule has 1 rings (SSSR count). The molecule has 0 heterocycles. The number of hydrogen-bond donors (Lipinski definition) is 2. The molecule has 0 aliphatic rings. The fourth-order valence-corrected chi connectivity index (χ4v) is 1.60. The highest BCUT2D eigenvalue weighted by molar-refractivity contribution is 9.10. The van der Waals surface area contributed by atoms with Gasteiger partial charge >= 0.3 is 0 Å². The summed E-state index contributed by atoms with van der Waals surface area (Å²) in [4.78, 5) is 11.7. The van der Waals surface area contributed by atoms with Gasteiger partial charge in [-0.05, 0) is 25.1 Å². The SMILES string of the molecule is CC(CN)NC(=O)c1cc(Br)ccc1Cl. The first-order valence-corrected chi connectivity index (χ1v) is 5.67. The van der Waals surface area contributed by atoms with E-state index >= 15 is 0 Å². The third kappa shape index (κ3) is 3.48. The van der Waals surface area contributed by atoms with Crippen LogP contribution in [0.2, 0.25) is 5.02 Å². The van der Waals surface area contributed by atoms with Crippen LogP contribution in [-0.4, -0.2) is 18.5 Å². The number of amides is 1. The van der Waals surface area contributed by atoms with Gasteiger partial charge in [0.05, 0.1) is 10.6 Å². The number of carbonyl (C=O) groups is 1. The molecule has 0 saturated heterocycles. The summed E-state index contributed by atoms with van der Waals surface area (Å²) in [6, 6.07) is 5.08. The molecule has 0 aliphatic heterocycles. The molecule has 0 spiro atoms. The smallest absolute Gasteiger partial charge is 0.253 e. The molecule has 0 aromatic heterocycles. The van der Waals surface area contributed by atoms with Crippen LogP contribution < -0.4 is 11.1 Å². The van der Waals surface area contributed by atoms with Crippen molar-refractivity contribution < 1.29 is 4.79 Å². The largest absolute Gasteiger partial charge is 0.348 e. The van der Waals surface area contributed by atoms with Crippen molar-refractivity contribution in [3.05, 3.63) is 33.3 Å². The molecule has 0 radical (unpaired) electrons. The van der Waals surface area contributed by atoms with Crippen molar-refractivity contribution in [3.63, 3.8) is 0 Å². The topological polar surface area (TPSA) is 55.1 Å². The van der Waals surface area contributed by atoms with Gasteiger partial charge in [0.1, 0.15) is 0 Å². The normalized spacial score (nSPS) is 12.3. The highest BCUT2D eigenvalue weighted by Crippen LogP contribution is 2.20. The Bertz CT molecular complexity index is 370. The third-order valence-electron chi connectivity index (χ3n) is 1.90. The van der Waals surface area contributed by atoms with Gasteiger partial charge in [0.15, 0.2) is 0 Å². The summed E-state index contributed by atoms with van der Waals surface area (Å²) in [6.07, 6.45) is 0. The molecule has 1 aromatic carbocycles. The van der Waals surface area contributed by atoms with Crippen LogP contribution in [0.4, 0.5) is 0 Å². The Kier molecular flexibility index (Phi) is 4.57. The summed E-state index contributed by atoms with van der Waals surface area (Å²) in [5.74, 6) is -0.209. The summed E-state index contributed by atoms with van der Waals surface area (Å²) in [6.45, 7) is 2.24. The minimum Gasteiger partial charge on any atom is -0.348 e. The van der Waals surface area contributed by atoms with E-state index in [1.165, 1.54) is 0 Å². The Labute approximate surface area is 102 Å². The second kappa shape index (κ2) is 5.49. The lowest BCUT2D eigenvalue weighted by Gasteiger charge is -2.12. The van der Waals surface area contributed by atoms with Crippen LogP contribution in [0.5, 0.6) is 0 Å². The second-order valence-electron chi connectivity index (χ2n) is 3.23. The Balaban J connectivity index is 2.86. The first kappa shape index (κ1) is 12.5. The predicted molar refractivity (Wildman–Crippen MR) is 65.1 cm³/mol. The average molecular weight is 292 g/mol. The van der Waals surface area contributed by atoms with Crippen molar-refractivity contribution in [2.45, 2.75) is 13.0 Å². The van der Waals surface area contributed by atoms with Crippen molar-refractivity contribution in [3.8, 4) is 0 Å². The van der Waals surface area contributed by atoms with Gasteiger partial charge in [0, 0.05) is 17.1 Å². The molecular weight excluding hydrogens is 279 g/mol. The lowest BCUT2D eigenvalue weighted by atomic mass is 10.2. The van der Waals surface area contributed by atoms with Crippen LogP contribution in [0.1, 0.15) is 17.3 Å². The molecule has 1 amide bonds. The van der Waals surface area contributed by atoms with Gasteiger partial charge in [0.2, 0.25) is 0 Å². The summed E-state index contributed by atoms with van der Waals surface area (Å²) < 4.78 is 0.817. The van der Waals surface area contributed by atoms with Crippen LogP contribution in [0, 0.1) is 0 Å². The molecule has 5 heteroatoms. The van der Waals surface area contributed by atoms with Crippen LogP contribution in [-0.2, 0) is 0 Å². The highest BCUT2D eigenvalue weighted by atomic mass is 79.9. The van der Waals surface area contributed by atoms with E-state index in [-0.39, 0.29) is 11.9 Å². The van der Waals surface area contributed by atoms with Gasteiger partial charge in [-0.25, -0.2) is 0 Å². The summed E-state index contributed by atoms with van der Waals surface area (Å²) >= 11 is 9.19. The molecule has 3 N–H and O–H groups in total. The molecule has 1 unspecified atom stereocenters. The molecule has 1 aromatic rings. The highest BCUT2D eigenvalue weighted by Gasteiger charge is 2.12. The number of benzene rings is 1. The van der Waals surface area contributed by atoms with Crippen LogP contribution in [0.15, 0.2) is 22.7 Å². The fraction of sp³-hybridized carbons (Fsp3) is 0.300. The molecule has 15 heavy (non-hydrogen) atoms. The Morgan fingerprint density at radius 2 is 2.33 bits per heavy atom. The van der Waals surface area contributed by atoms with Crippen molar-refractivity contribution in [1.29, 1.82) is 0 Å². The van der Waals surface area contributed by atoms with E-state index in [1.807, 2.05) is 6.92 Å². The minimum atomic E-state index is -0.209. The van der Waals surface area contributed by atoms with E-state index in [9.17, 15) is 4.79 Å². The number of rotatable bonds is 3. The van der Waals surface area contributed by atoms with Crippen molar-refractivity contribution in [1.82, 2.24) is 5.32 Å². The van der Waals surface area contributed by atoms with Gasteiger partial charge in [-0.2, -0.15) is 0 Å². The third-order valence-corrected chi connectivity index (χ3v) is 2.73. The molecule has 0 fully saturated rings. The molecule has 1 atom stereocenters. The monoisotopic (exact) mass is 290 g/mol. The standard InChI is InChI=1S/C10H12BrClN2O/c1-6(5-13)14-10(15)8-4-7(11)2-3-9(8)12/h2-4,6H,5,13H2,1H3,(H,14,15). The Hall–Kier alpha value is -0.580. The number of hydrogen-bond acceptors (Lipinski definition) is 2. The first-order valence-electron chi connectivity index (χ1n) is 4.50. The summed E-state index contributed by atoms with van der Waals surface area (Å²) in [5, 5.41) is 3.18. The maximum atomic E-state index is 11.7.